The molecular formula is C20H27ClO. The molecule has 2 heteroatoms. The number of hydrogen-bond donors (Lipinski definition) is 1. The summed E-state index contributed by atoms with van der Waals surface area (Å²) in [5, 5.41) is 9.47. The van der Waals surface area contributed by atoms with Crippen LogP contribution in [0.1, 0.15) is 38.8 Å². The maximum atomic E-state index is 9.47. The Balaban J connectivity index is 0.000000220. The van der Waals surface area contributed by atoms with Gasteiger partial charge in [0.2, 0.25) is 0 Å². The Kier molecular flexibility index (Phi) is 7.12. The molecule has 0 aromatic heterocycles. The molecule has 0 aliphatic heterocycles. The molecule has 0 radical (unpaired) electrons. The van der Waals surface area contributed by atoms with Crippen LogP contribution in [-0.4, -0.2) is 15.6 Å². The predicted molar refractivity (Wildman–Crippen MR) is 96.5 cm³/mol. The Morgan fingerprint density at radius 2 is 1.09 bits per heavy atom. The van der Waals surface area contributed by atoms with Gasteiger partial charge in [-0.05, 0) is 45.2 Å². The molecule has 0 bridgehead atoms. The van der Waals surface area contributed by atoms with E-state index in [2.05, 4.69) is 12.1 Å². The van der Waals surface area contributed by atoms with Gasteiger partial charge in [-0.15, -0.1) is 11.6 Å². The summed E-state index contributed by atoms with van der Waals surface area (Å²) < 4.78 is 0. The standard InChI is InChI=1S/C10H13Cl.C10H14O/c2*1-10(2,11)8-9-6-4-3-5-7-9/h3-7H,8H2,1-2H3;3-7,11H,8H2,1-2H3. The summed E-state index contributed by atoms with van der Waals surface area (Å²) in [6.07, 6.45) is 1.64. The van der Waals surface area contributed by atoms with Gasteiger partial charge >= 0.3 is 0 Å². The summed E-state index contributed by atoms with van der Waals surface area (Å²) in [4.78, 5) is -0.124. The van der Waals surface area contributed by atoms with Crippen LogP contribution in [0.5, 0.6) is 0 Å². The van der Waals surface area contributed by atoms with E-state index in [0.717, 1.165) is 6.42 Å². The fourth-order valence-electron chi connectivity index (χ4n) is 2.18. The monoisotopic (exact) mass is 318 g/mol. The summed E-state index contributed by atoms with van der Waals surface area (Å²) in [6.45, 7) is 7.70. The van der Waals surface area contributed by atoms with Crippen LogP contribution < -0.4 is 0 Å². The number of aliphatic hydroxyl groups is 1. The van der Waals surface area contributed by atoms with Crippen molar-refractivity contribution < 1.29 is 5.11 Å². The van der Waals surface area contributed by atoms with Gasteiger partial charge in [-0.3, -0.25) is 0 Å². The van der Waals surface area contributed by atoms with Crippen LogP contribution in [-0.2, 0) is 12.8 Å². The van der Waals surface area contributed by atoms with Crippen LogP contribution in [0.2, 0.25) is 0 Å². The first-order valence-corrected chi connectivity index (χ1v) is 8.03. The third-order valence-electron chi connectivity index (χ3n) is 2.95. The van der Waals surface area contributed by atoms with Gasteiger partial charge in [0, 0.05) is 11.3 Å². The summed E-state index contributed by atoms with van der Waals surface area (Å²) >= 11 is 6.07. The third-order valence-corrected chi connectivity index (χ3v) is 3.08. The van der Waals surface area contributed by atoms with Crippen LogP contribution in [0.15, 0.2) is 60.7 Å². The zero-order valence-electron chi connectivity index (χ0n) is 14.0. The smallest absolute Gasteiger partial charge is 0.0631 e. The Labute approximate surface area is 140 Å². The minimum absolute atomic E-state index is 0.124. The number of hydrogen-bond acceptors (Lipinski definition) is 1. The zero-order chi connectivity index (χ0) is 16.6. The highest BCUT2D eigenvalue weighted by Crippen LogP contribution is 2.18. The highest BCUT2D eigenvalue weighted by Gasteiger charge is 2.13. The van der Waals surface area contributed by atoms with Gasteiger partial charge in [0.1, 0.15) is 0 Å². The summed E-state index contributed by atoms with van der Waals surface area (Å²) in [7, 11) is 0. The van der Waals surface area contributed by atoms with Crippen molar-refractivity contribution in [3.8, 4) is 0 Å². The van der Waals surface area contributed by atoms with Crippen molar-refractivity contribution in [1.29, 1.82) is 0 Å². The van der Waals surface area contributed by atoms with Crippen molar-refractivity contribution in [1.82, 2.24) is 0 Å². The molecule has 0 saturated heterocycles. The normalized spacial score (nSPS) is 11.5. The van der Waals surface area contributed by atoms with Gasteiger partial charge in [-0.1, -0.05) is 60.7 Å². The van der Waals surface area contributed by atoms with E-state index in [4.69, 9.17) is 11.6 Å². The molecule has 0 aliphatic rings. The number of alkyl halides is 1. The molecule has 2 aromatic carbocycles. The van der Waals surface area contributed by atoms with E-state index < -0.39 is 5.60 Å². The van der Waals surface area contributed by atoms with Crippen molar-refractivity contribution in [3.05, 3.63) is 71.8 Å². The molecule has 1 nitrogen and oxygen atoms in total. The van der Waals surface area contributed by atoms with E-state index in [-0.39, 0.29) is 4.87 Å². The van der Waals surface area contributed by atoms with Crippen molar-refractivity contribution >= 4 is 11.6 Å². The Morgan fingerprint density at radius 1 is 0.727 bits per heavy atom. The highest BCUT2D eigenvalue weighted by atomic mass is 35.5. The molecule has 0 unspecified atom stereocenters. The minimum atomic E-state index is -0.596. The Morgan fingerprint density at radius 3 is 1.41 bits per heavy atom. The second-order valence-corrected chi connectivity index (χ2v) is 7.88. The average molecular weight is 319 g/mol. The van der Waals surface area contributed by atoms with Gasteiger partial charge in [-0.2, -0.15) is 0 Å². The molecule has 0 aliphatic carbocycles. The van der Waals surface area contributed by atoms with Crippen LogP contribution >= 0.6 is 11.6 Å². The Bertz CT molecular complexity index is 470. The summed E-state index contributed by atoms with van der Waals surface area (Å²) in [5.41, 5.74) is 1.88. The zero-order valence-corrected chi connectivity index (χ0v) is 14.8. The highest BCUT2D eigenvalue weighted by molar-refractivity contribution is 6.23. The first-order chi connectivity index (χ1) is 10.2. The quantitative estimate of drug-likeness (QED) is 0.764. The van der Waals surface area contributed by atoms with Gasteiger partial charge in [0.05, 0.1) is 5.60 Å². The molecule has 0 amide bonds. The second-order valence-electron chi connectivity index (χ2n) is 6.86. The lowest BCUT2D eigenvalue weighted by molar-refractivity contribution is 0.0810. The van der Waals surface area contributed by atoms with E-state index in [9.17, 15) is 5.11 Å². The van der Waals surface area contributed by atoms with Crippen molar-refractivity contribution in [2.75, 3.05) is 0 Å². The molecule has 1 N–H and O–H groups in total. The number of halogens is 1. The van der Waals surface area contributed by atoms with Crippen LogP contribution in [0.4, 0.5) is 0 Å². The maximum absolute atomic E-state index is 9.47. The number of benzene rings is 2. The molecule has 120 valence electrons. The molecule has 0 spiro atoms. The topological polar surface area (TPSA) is 20.2 Å². The molecule has 2 aromatic rings. The maximum Gasteiger partial charge on any atom is 0.0631 e. The molecule has 0 fully saturated rings. The lowest BCUT2D eigenvalue weighted by atomic mass is 9.99. The third kappa shape index (κ3) is 9.59. The van der Waals surface area contributed by atoms with Crippen LogP contribution in [0.25, 0.3) is 0 Å². The van der Waals surface area contributed by atoms with Crippen molar-refractivity contribution in [3.63, 3.8) is 0 Å². The molecule has 0 heterocycles. The van der Waals surface area contributed by atoms with Gasteiger partial charge < -0.3 is 5.11 Å². The van der Waals surface area contributed by atoms with E-state index in [1.165, 1.54) is 11.1 Å². The fraction of sp³-hybridized carbons (Fsp3) is 0.400. The van der Waals surface area contributed by atoms with Gasteiger partial charge in [-0.25, -0.2) is 0 Å². The SMILES string of the molecule is CC(C)(Cl)Cc1ccccc1.CC(C)(O)Cc1ccccc1. The van der Waals surface area contributed by atoms with Crippen LogP contribution in [0.3, 0.4) is 0 Å². The molecule has 2 rings (SSSR count). The van der Waals surface area contributed by atoms with Gasteiger partial charge in [0.25, 0.3) is 0 Å². The van der Waals surface area contributed by atoms with Crippen molar-refractivity contribution in [2.24, 2.45) is 0 Å². The largest absolute Gasteiger partial charge is 0.390 e. The van der Waals surface area contributed by atoms with Crippen LogP contribution in [0, 0.1) is 0 Å². The lowest BCUT2D eigenvalue weighted by Gasteiger charge is -2.16. The fourth-order valence-corrected chi connectivity index (χ4v) is 2.33. The van der Waals surface area contributed by atoms with E-state index in [1.54, 1.807) is 0 Å². The minimum Gasteiger partial charge on any atom is -0.390 e. The molecule has 0 atom stereocenters. The summed E-state index contributed by atoms with van der Waals surface area (Å²) in [6, 6.07) is 20.3. The lowest BCUT2D eigenvalue weighted by Crippen LogP contribution is -2.21. The van der Waals surface area contributed by atoms with Crippen molar-refractivity contribution in [2.45, 2.75) is 51.0 Å². The summed E-state index contributed by atoms with van der Waals surface area (Å²) in [5.74, 6) is 0. The van der Waals surface area contributed by atoms with E-state index >= 15 is 0 Å². The molecular weight excluding hydrogens is 292 g/mol. The Hall–Kier alpha value is -1.31. The van der Waals surface area contributed by atoms with E-state index in [0.29, 0.717) is 6.42 Å². The average Bonchev–Trinajstić information content (AvgIpc) is 2.38. The van der Waals surface area contributed by atoms with E-state index in [1.807, 2.05) is 76.2 Å². The molecule has 22 heavy (non-hydrogen) atoms. The molecule has 0 saturated carbocycles. The first kappa shape index (κ1) is 18.7. The van der Waals surface area contributed by atoms with Gasteiger partial charge in [0.15, 0.2) is 0 Å². The first-order valence-electron chi connectivity index (χ1n) is 7.65. The second kappa shape index (κ2) is 8.36. The number of rotatable bonds is 4. The predicted octanol–water partition coefficient (Wildman–Crippen LogP) is 5.25.